The van der Waals surface area contributed by atoms with E-state index in [0.29, 0.717) is 124 Å². The summed E-state index contributed by atoms with van der Waals surface area (Å²) < 4.78 is 20.2. The van der Waals surface area contributed by atoms with Crippen LogP contribution in [-0.2, 0) is 48.1 Å². The number of para-hydroxylation sites is 1. The molecule has 3 aliphatic heterocycles. The number of hydrogen-bond acceptors (Lipinski definition) is 16. The predicted molar refractivity (Wildman–Crippen MR) is 303 cm³/mol. The molecule has 13 rings (SSSR count). The molecule has 3 aromatic heterocycles. The maximum Gasteiger partial charge on any atom is 0.355 e. The molecule has 5 fully saturated rings. The zero-order valence-corrected chi connectivity index (χ0v) is 46.3. The van der Waals surface area contributed by atoms with Crippen LogP contribution in [0.2, 0.25) is 0 Å². The van der Waals surface area contributed by atoms with Crippen LogP contribution in [0.3, 0.4) is 0 Å². The van der Waals surface area contributed by atoms with Crippen LogP contribution in [0.4, 0.5) is 16.6 Å². The van der Waals surface area contributed by atoms with Gasteiger partial charge in [-0.25, -0.2) is 14.8 Å². The van der Waals surface area contributed by atoms with Gasteiger partial charge in [0.05, 0.1) is 72.6 Å². The molecular weight excluding hydrogens is 1070 g/mol. The molecule has 7 aliphatic rings. The molecule has 82 heavy (non-hydrogen) atoms. The van der Waals surface area contributed by atoms with Gasteiger partial charge in [0, 0.05) is 67.2 Å². The molecule has 21 nitrogen and oxygen atoms in total. The van der Waals surface area contributed by atoms with E-state index in [1.807, 2.05) is 71.1 Å². The fourth-order valence-electron chi connectivity index (χ4n) is 14.1. The molecule has 6 heterocycles. The summed E-state index contributed by atoms with van der Waals surface area (Å²) >= 11 is 1.42. The molecule has 4 aliphatic carbocycles. The number of carboxylic acids is 1. The quantitative estimate of drug-likeness (QED) is 0.0352. The number of aromatic carboxylic acids is 1. The highest BCUT2D eigenvalue weighted by molar-refractivity contribution is 7.22. The number of thiazole rings is 1. The SMILES string of the molecule is Cc1c(-c2ccc(N3CCc4cccc(C(=O)Nc5nc6ccccc6s5)c4C3)nc2C(=O)O)cnn1CC12C[C@H]3C[C@H](C1)CC(C(=O)NCCOCCOCCOCCNc1cccc4c1C(=O)N([C@@H]1CCC(=O)NC1=O)C4=O)(C3)C2. The number of nitrogens with one attached hydrogen (secondary N) is 4. The van der Waals surface area contributed by atoms with Crippen molar-refractivity contribution in [3.63, 3.8) is 0 Å². The third-order valence-electron chi connectivity index (χ3n) is 17.3. The minimum absolute atomic E-state index is 0.0468. The number of rotatable bonds is 22. The summed E-state index contributed by atoms with van der Waals surface area (Å²) in [5, 5.41) is 27.6. The van der Waals surface area contributed by atoms with Crippen LogP contribution in [0.15, 0.2) is 79.0 Å². The van der Waals surface area contributed by atoms with Gasteiger partial charge in [-0.2, -0.15) is 5.10 Å². The van der Waals surface area contributed by atoms with Gasteiger partial charge in [-0.05, 0) is 129 Å². The highest BCUT2D eigenvalue weighted by atomic mass is 32.1. The summed E-state index contributed by atoms with van der Waals surface area (Å²) in [5.74, 6) is -2.14. The van der Waals surface area contributed by atoms with Crippen molar-refractivity contribution in [1.29, 1.82) is 0 Å². The second-order valence-corrected chi connectivity index (χ2v) is 23.7. The standard InChI is InChI=1S/C60H64N10O11S/c1-35-42(39-12-14-48(65-51(39)56(76)77)68-19-16-38-6-4-7-40(43(38)32-68)52(72)67-58-64-44-9-2-3-11-47(44)82-58)31-63-69(35)34-59-27-36-26-37(28-59)30-60(29-36,33-59)57(78)62-18-21-80-23-25-81-24-22-79-20-17-61-45-10-5-8-41-50(45)55(75)70(54(41)74)46-13-15-49(71)66-53(46)73/h2-12,14,31,36-37,46,61H,13,15-30,32-34H2,1H3,(H,62,78)(H,76,77)(H,64,67,72)(H,66,71,73)/t36-,37-,46-,59?,60?/m1/s1. The first-order valence-electron chi connectivity index (χ1n) is 28.2. The molecule has 1 saturated heterocycles. The van der Waals surface area contributed by atoms with E-state index >= 15 is 0 Å². The summed E-state index contributed by atoms with van der Waals surface area (Å²) in [6, 6.07) is 21.0. The van der Waals surface area contributed by atoms with E-state index in [2.05, 4.69) is 26.3 Å². The number of imide groups is 2. The first-order valence-corrected chi connectivity index (χ1v) is 29.0. The van der Waals surface area contributed by atoms with Gasteiger partial charge in [0.25, 0.3) is 17.7 Å². The van der Waals surface area contributed by atoms with Crippen molar-refractivity contribution in [1.82, 2.24) is 35.3 Å². The minimum atomic E-state index is -1.14. The highest BCUT2D eigenvalue weighted by Crippen LogP contribution is 2.66. The Hall–Kier alpha value is -7.92. The smallest absolute Gasteiger partial charge is 0.355 e. The Balaban J connectivity index is 0.591. The number of pyridine rings is 1. The average molecular weight is 1130 g/mol. The van der Waals surface area contributed by atoms with Gasteiger partial charge < -0.3 is 34.9 Å². The van der Waals surface area contributed by atoms with E-state index in [-0.39, 0.29) is 46.9 Å². The van der Waals surface area contributed by atoms with Crippen LogP contribution in [0, 0.1) is 29.6 Å². The minimum Gasteiger partial charge on any atom is -0.476 e. The third kappa shape index (κ3) is 10.7. The molecule has 4 bridgehead atoms. The average Bonchev–Trinajstić information content (AvgIpc) is 1.97. The maximum atomic E-state index is 14.2. The van der Waals surface area contributed by atoms with Crippen LogP contribution < -0.4 is 26.2 Å². The molecule has 426 valence electrons. The van der Waals surface area contributed by atoms with Crippen LogP contribution in [-0.4, -0.2) is 136 Å². The zero-order valence-electron chi connectivity index (χ0n) is 45.5. The zero-order chi connectivity index (χ0) is 56.7. The molecule has 3 aromatic carbocycles. The van der Waals surface area contributed by atoms with E-state index in [1.54, 1.807) is 24.4 Å². The number of benzene rings is 3. The van der Waals surface area contributed by atoms with Crippen LogP contribution >= 0.6 is 11.3 Å². The monoisotopic (exact) mass is 1130 g/mol. The Morgan fingerprint density at radius 3 is 2.33 bits per heavy atom. The molecule has 22 heteroatoms. The number of carboxylic acid groups (broad SMARTS) is 1. The number of hydrogen-bond donors (Lipinski definition) is 5. The normalized spacial score (nSPS) is 22.6. The molecular formula is C60H64N10O11S. The summed E-state index contributed by atoms with van der Waals surface area (Å²) in [6.45, 7) is 6.33. The number of anilines is 3. The van der Waals surface area contributed by atoms with Crippen LogP contribution in [0.25, 0.3) is 21.3 Å². The fraction of sp³-hybridized carbons (Fsp3) is 0.433. The number of carbonyl (C=O) groups is 7. The molecule has 4 saturated carbocycles. The number of amides is 6. The third-order valence-corrected chi connectivity index (χ3v) is 18.2. The van der Waals surface area contributed by atoms with Gasteiger partial charge in [0.2, 0.25) is 17.7 Å². The van der Waals surface area contributed by atoms with Crippen molar-refractivity contribution in [3.8, 4) is 11.1 Å². The maximum absolute atomic E-state index is 14.2. The Morgan fingerprint density at radius 1 is 0.805 bits per heavy atom. The van der Waals surface area contributed by atoms with Gasteiger partial charge in [0.15, 0.2) is 10.8 Å². The topological polar surface area (TPSA) is 266 Å². The fourth-order valence-corrected chi connectivity index (χ4v) is 14.9. The van der Waals surface area contributed by atoms with E-state index in [0.717, 1.165) is 70.5 Å². The summed E-state index contributed by atoms with van der Waals surface area (Å²) in [7, 11) is 0. The highest BCUT2D eigenvalue weighted by Gasteiger charge is 2.60. The van der Waals surface area contributed by atoms with E-state index in [4.69, 9.17) is 24.3 Å². The van der Waals surface area contributed by atoms with E-state index in [9.17, 15) is 38.7 Å². The van der Waals surface area contributed by atoms with Gasteiger partial charge in [-0.1, -0.05) is 41.7 Å². The predicted octanol–water partition coefficient (Wildman–Crippen LogP) is 6.64. The van der Waals surface area contributed by atoms with Crippen molar-refractivity contribution in [2.45, 2.75) is 83.8 Å². The number of piperidine rings is 1. The number of aromatic nitrogens is 4. The second kappa shape index (κ2) is 22.8. The number of nitrogens with zero attached hydrogens (tertiary/aromatic N) is 6. The summed E-state index contributed by atoms with van der Waals surface area (Å²) in [4.78, 5) is 104. The van der Waals surface area contributed by atoms with Crippen molar-refractivity contribution in [2.24, 2.45) is 22.7 Å². The van der Waals surface area contributed by atoms with Crippen molar-refractivity contribution in [3.05, 3.63) is 118 Å². The number of carbonyl (C=O) groups excluding carboxylic acids is 6. The van der Waals surface area contributed by atoms with Gasteiger partial charge >= 0.3 is 5.97 Å². The number of fused-ring (bicyclic) bond motifs is 3. The van der Waals surface area contributed by atoms with Gasteiger partial charge in [0.1, 0.15) is 11.9 Å². The lowest BCUT2D eigenvalue weighted by atomic mass is 9.44. The molecule has 0 spiro atoms. The van der Waals surface area contributed by atoms with Crippen molar-refractivity contribution >= 4 is 79.6 Å². The Bertz CT molecular complexity index is 3500. The van der Waals surface area contributed by atoms with Crippen LogP contribution in [0.1, 0.15) is 110 Å². The molecule has 0 unspecified atom stereocenters. The van der Waals surface area contributed by atoms with Crippen molar-refractivity contribution < 1.29 is 52.9 Å². The van der Waals surface area contributed by atoms with E-state index < -0.39 is 41.1 Å². The second-order valence-electron chi connectivity index (χ2n) is 22.7. The van der Waals surface area contributed by atoms with Gasteiger partial charge in [-0.3, -0.25) is 49.0 Å². The first-order chi connectivity index (χ1) is 39.7. The lowest BCUT2D eigenvalue weighted by Crippen LogP contribution is -2.58. The first kappa shape index (κ1) is 54.7. The largest absolute Gasteiger partial charge is 0.476 e. The molecule has 6 amide bonds. The Kier molecular flexibility index (Phi) is 15.2. The molecule has 3 atom stereocenters. The Morgan fingerprint density at radius 2 is 1.56 bits per heavy atom. The lowest BCUT2D eigenvalue weighted by Gasteiger charge is -2.61. The molecule has 0 radical (unpaired) electrons. The Labute approximate surface area is 476 Å². The number of ether oxygens (including phenoxy) is 3. The molecule has 6 aromatic rings. The summed E-state index contributed by atoms with van der Waals surface area (Å²) in [6.07, 6.45) is 8.21. The van der Waals surface area contributed by atoms with Gasteiger partial charge in [-0.15, -0.1) is 0 Å². The van der Waals surface area contributed by atoms with Crippen molar-refractivity contribution in [2.75, 3.05) is 74.8 Å². The summed E-state index contributed by atoms with van der Waals surface area (Å²) in [5.41, 5.74) is 5.52. The van der Waals surface area contributed by atoms with E-state index in [1.165, 1.54) is 11.3 Å². The van der Waals surface area contributed by atoms with Crippen LogP contribution in [0.5, 0.6) is 0 Å². The lowest BCUT2D eigenvalue weighted by molar-refractivity contribution is -0.159. The molecule has 5 N–H and O–H groups in total.